The molecule has 0 atom stereocenters. The minimum atomic E-state index is -4.31. The predicted molar refractivity (Wildman–Crippen MR) is 102 cm³/mol. The van der Waals surface area contributed by atoms with E-state index in [1.54, 1.807) is 10.6 Å². The van der Waals surface area contributed by atoms with E-state index in [1.807, 2.05) is 11.8 Å². The van der Waals surface area contributed by atoms with E-state index < -0.39 is 35.3 Å². The Bertz CT molecular complexity index is 1050. The van der Waals surface area contributed by atoms with E-state index in [0.717, 1.165) is 16.9 Å². The fourth-order valence-electron chi connectivity index (χ4n) is 4.41. The highest BCUT2D eigenvalue weighted by Gasteiger charge is 2.56. The number of alkyl halides is 2. The summed E-state index contributed by atoms with van der Waals surface area (Å²) in [5.41, 5.74) is 1.57. The van der Waals surface area contributed by atoms with Crippen LogP contribution in [0.25, 0.3) is 5.52 Å². The molecule has 2 aromatic rings. The lowest BCUT2D eigenvalue weighted by atomic mass is 9.60. The lowest BCUT2D eigenvalue weighted by molar-refractivity contribution is -0.0814. The molecule has 4 rings (SSSR count). The van der Waals surface area contributed by atoms with Gasteiger partial charge < -0.3 is 10.0 Å². The second kappa shape index (κ2) is 6.71. The molecule has 9 nitrogen and oxygen atoms in total. The zero-order chi connectivity index (χ0) is 21.2. The Morgan fingerprint density at radius 3 is 2.69 bits per heavy atom. The first-order valence-electron chi connectivity index (χ1n) is 8.97. The molecule has 160 valence electrons. The fourth-order valence-corrected chi connectivity index (χ4v) is 5.64. The average molecular weight is 451 g/mol. The number of hydrogen-bond acceptors (Lipinski definition) is 6. The highest BCUT2D eigenvalue weighted by atomic mass is 35.5. The van der Waals surface area contributed by atoms with Crippen molar-refractivity contribution in [1.29, 1.82) is 0 Å². The maximum Gasteiger partial charge on any atom is 0.284 e. The molecule has 13 heteroatoms. The first kappa shape index (κ1) is 20.7. The van der Waals surface area contributed by atoms with Crippen LogP contribution in [0.3, 0.4) is 0 Å². The van der Waals surface area contributed by atoms with Gasteiger partial charge in [-0.25, -0.2) is 23.4 Å². The van der Waals surface area contributed by atoms with Gasteiger partial charge in [-0.3, -0.25) is 0 Å². The van der Waals surface area contributed by atoms with Gasteiger partial charge in [-0.2, -0.15) is 17.8 Å². The van der Waals surface area contributed by atoms with Crippen LogP contribution in [-0.2, 0) is 10.2 Å². The molecule has 1 aliphatic heterocycles. The number of fused-ring (bicyclic) bond motifs is 1. The van der Waals surface area contributed by atoms with Crippen molar-refractivity contribution >= 4 is 33.1 Å². The van der Waals surface area contributed by atoms with E-state index in [0.29, 0.717) is 35.4 Å². The van der Waals surface area contributed by atoms with Gasteiger partial charge in [0.25, 0.3) is 16.1 Å². The number of aliphatic hydroxyl groups excluding tert-OH is 1. The molecule has 1 aliphatic carbocycles. The highest BCUT2D eigenvalue weighted by Crippen LogP contribution is 2.52. The summed E-state index contributed by atoms with van der Waals surface area (Å²) in [5.74, 6) is -2.81. The minimum absolute atomic E-state index is 0.172. The van der Waals surface area contributed by atoms with E-state index in [2.05, 4.69) is 10.1 Å². The normalized spacial score (nSPS) is 19.8. The van der Waals surface area contributed by atoms with Crippen LogP contribution in [-0.4, -0.2) is 70.6 Å². The van der Waals surface area contributed by atoms with Crippen molar-refractivity contribution in [1.82, 2.24) is 18.9 Å². The molecule has 0 aromatic carbocycles. The number of aliphatic hydroxyl groups is 1. The van der Waals surface area contributed by atoms with Crippen LogP contribution in [0, 0.1) is 12.3 Å². The van der Waals surface area contributed by atoms with E-state index in [4.69, 9.17) is 21.8 Å². The Kier molecular flexibility index (Phi) is 4.78. The maximum absolute atomic E-state index is 13.6. The summed E-state index contributed by atoms with van der Waals surface area (Å²) in [4.78, 5) is 6.40. The van der Waals surface area contributed by atoms with Gasteiger partial charge in [-0.05, 0) is 31.4 Å². The summed E-state index contributed by atoms with van der Waals surface area (Å²) in [6, 6.07) is 1.19. The SMILES string of the molecule is Cc1cc(Cl)n2ncnc(N3CC4(CC(N(CC(F)(F)CO)S(N)(=O)=O)C4)C3)c12. The monoisotopic (exact) mass is 450 g/mol. The number of hydrogen-bond donors (Lipinski definition) is 2. The van der Waals surface area contributed by atoms with Crippen LogP contribution in [0.4, 0.5) is 14.6 Å². The molecule has 0 radical (unpaired) electrons. The molecule has 1 saturated carbocycles. The van der Waals surface area contributed by atoms with Crippen molar-refractivity contribution < 1.29 is 22.3 Å². The molecular weight excluding hydrogens is 430 g/mol. The molecule has 0 bridgehead atoms. The van der Waals surface area contributed by atoms with Gasteiger partial charge in [0.1, 0.15) is 23.6 Å². The molecule has 1 spiro atoms. The maximum atomic E-state index is 13.6. The number of nitrogens with zero attached hydrogens (tertiary/aromatic N) is 5. The highest BCUT2D eigenvalue weighted by molar-refractivity contribution is 7.86. The van der Waals surface area contributed by atoms with Gasteiger partial charge in [0.2, 0.25) is 0 Å². The van der Waals surface area contributed by atoms with Crippen LogP contribution < -0.4 is 10.0 Å². The molecule has 3 heterocycles. The zero-order valence-electron chi connectivity index (χ0n) is 15.6. The summed E-state index contributed by atoms with van der Waals surface area (Å²) in [7, 11) is -4.31. The first-order valence-corrected chi connectivity index (χ1v) is 10.8. The second-order valence-corrected chi connectivity index (χ2v) is 9.90. The van der Waals surface area contributed by atoms with Crippen molar-refractivity contribution in [3.63, 3.8) is 0 Å². The molecule has 0 unspecified atom stereocenters. The van der Waals surface area contributed by atoms with Crippen molar-refractivity contribution in [3.05, 3.63) is 23.1 Å². The van der Waals surface area contributed by atoms with Crippen molar-refractivity contribution in [2.75, 3.05) is 31.1 Å². The van der Waals surface area contributed by atoms with E-state index in [9.17, 15) is 17.2 Å². The van der Waals surface area contributed by atoms with E-state index in [1.165, 1.54) is 6.33 Å². The number of halogens is 3. The third-order valence-electron chi connectivity index (χ3n) is 5.72. The molecule has 2 aliphatic rings. The minimum Gasteiger partial charge on any atom is -0.390 e. The van der Waals surface area contributed by atoms with Crippen molar-refractivity contribution in [2.24, 2.45) is 10.6 Å². The van der Waals surface area contributed by atoms with Crippen LogP contribution >= 0.6 is 11.6 Å². The van der Waals surface area contributed by atoms with Crippen molar-refractivity contribution in [2.45, 2.75) is 31.7 Å². The van der Waals surface area contributed by atoms with Gasteiger partial charge in [-0.15, -0.1) is 0 Å². The van der Waals surface area contributed by atoms with Gasteiger partial charge in [-0.1, -0.05) is 11.6 Å². The number of rotatable bonds is 6. The third-order valence-corrected chi connectivity index (χ3v) is 7.07. The molecule has 2 fully saturated rings. The number of anilines is 1. The summed E-state index contributed by atoms with van der Waals surface area (Å²) in [6.45, 7) is 0.587. The van der Waals surface area contributed by atoms with Gasteiger partial charge in [0.15, 0.2) is 5.82 Å². The fraction of sp³-hybridized carbons (Fsp3) is 0.625. The van der Waals surface area contributed by atoms with E-state index >= 15 is 0 Å². The lowest BCUT2D eigenvalue weighted by Crippen LogP contribution is -2.68. The number of aryl methyl sites for hydroxylation is 1. The molecule has 3 N–H and O–H groups in total. The van der Waals surface area contributed by atoms with Crippen molar-refractivity contribution in [3.8, 4) is 0 Å². The third kappa shape index (κ3) is 3.56. The Morgan fingerprint density at radius 1 is 1.45 bits per heavy atom. The predicted octanol–water partition coefficient (Wildman–Crippen LogP) is 0.793. The van der Waals surface area contributed by atoms with Crippen LogP contribution in [0.5, 0.6) is 0 Å². The Morgan fingerprint density at radius 2 is 2.10 bits per heavy atom. The number of aromatic nitrogens is 3. The van der Waals surface area contributed by atoms with Gasteiger partial charge in [0, 0.05) is 24.5 Å². The molecule has 2 aromatic heterocycles. The first-order chi connectivity index (χ1) is 13.4. The van der Waals surface area contributed by atoms with Gasteiger partial charge >= 0.3 is 0 Å². The lowest BCUT2D eigenvalue weighted by Gasteiger charge is -2.60. The molecular formula is C16H21ClF2N6O3S. The smallest absolute Gasteiger partial charge is 0.284 e. The molecule has 0 amide bonds. The second-order valence-electron chi connectivity index (χ2n) is 8.02. The van der Waals surface area contributed by atoms with Crippen LogP contribution in [0.15, 0.2) is 12.4 Å². The summed E-state index contributed by atoms with van der Waals surface area (Å²) < 4.78 is 52.9. The Hall–Kier alpha value is -1.60. The molecule has 1 saturated heterocycles. The summed E-state index contributed by atoms with van der Waals surface area (Å²) in [5, 5.41) is 18.5. The Balaban J connectivity index is 1.46. The molecule has 29 heavy (non-hydrogen) atoms. The van der Waals surface area contributed by atoms with Crippen LogP contribution in [0.1, 0.15) is 18.4 Å². The van der Waals surface area contributed by atoms with Gasteiger partial charge in [0.05, 0.1) is 6.54 Å². The van der Waals surface area contributed by atoms with Crippen LogP contribution in [0.2, 0.25) is 5.15 Å². The zero-order valence-corrected chi connectivity index (χ0v) is 17.2. The Labute approximate surface area is 171 Å². The summed E-state index contributed by atoms with van der Waals surface area (Å²) >= 11 is 6.17. The average Bonchev–Trinajstić information content (AvgIpc) is 2.85. The number of nitrogens with two attached hydrogens (primary N) is 1. The van der Waals surface area contributed by atoms with E-state index in [-0.39, 0.29) is 5.41 Å². The standard InChI is InChI=1S/C16H21ClF2N6O3S/c1-10-2-12(17)25-13(10)14(21-9-22-25)23-5-15(6-23)3-11(4-15)24(29(20,27)28)7-16(18,19)8-26/h2,9,11,26H,3-8H2,1H3,(H2,20,27,28). The topological polar surface area (TPSA) is 117 Å². The largest absolute Gasteiger partial charge is 0.390 e. The summed E-state index contributed by atoms with van der Waals surface area (Å²) in [6.07, 6.45) is 2.26. The quantitative estimate of drug-likeness (QED) is 0.672.